The third-order valence-electron chi connectivity index (χ3n) is 5.78. The summed E-state index contributed by atoms with van der Waals surface area (Å²) < 4.78 is 21.9. The molecule has 0 saturated carbocycles. The van der Waals surface area contributed by atoms with Gasteiger partial charge in [0.15, 0.2) is 0 Å². The van der Waals surface area contributed by atoms with E-state index in [-0.39, 0.29) is 11.7 Å². The quantitative estimate of drug-likeness (QED) is 0.438. The van der Waals surface area contributed by atoms with Gasteiger partial charge in [0.1, 0.15) is 17.3 Å². The molecule has 0 aliphatic carbocycles. The number of nitrogens with zero attached hydrogens (tertiary/aromatic N) is 5. The Morgan fingerprint density at radius 3 is 2.76 bits per heavy atom. The number of benzene rings is 1. The first-order chi connectivity index (χ1) is 16.5. The van der Waals surface area contributed by atoms with Crippen LogP contribution in [0.25, 0.3) is 16.8 Å². The van der Waals surface area contributed by atoms with Crippen molar-refractivity contribution in [2.24, 2.45) is 5.92 Å². The van der Waals surface area contributed by atoms with Crippen LogP contribution in [-0.2, 0) is 11.3 Å². The minimum atomic E-state index is -0.367. The van der Waals surface area contributed by atoms with Gasteiger partial charge in [-0.2, -0.15) is 10.2 Å². The zero-order chi connectivity index (χ0) is 23.7. The van der Waals surface area contributed by atoms with Crippen molar-refractivity contribution < 1.29 is 13.9 Å². The molecular weight excluding hydrogens is 459 g/mol. The van der Waals surface area contributed by atoms with Crippen molar-refractivity contribution in [1.29, 1.82) is 0 Å². The van der Waals surface area contributed by atoms with Crippen LogP contribution < -0.4 is 5.32 Å². The summed E-state index contributed by atoms with van der Waals surface area (Å²) in [4.78, 5) is 17.5. The Kier molecular flexibility index (Phi) is 6.12. The molecule has 0 unspecified atom stereocenters. The van der Waals surface area contributed by atoms with Crippen LogP contribution in [0.1, 0.15) is 22.5 Å². The average Bonchev–Trinajstić information content (AvgIpc) is 3.58. The molecule has 1 atom stereocenters. The van der Waals surface area contributed by atoms with Crippen molar-refractivity contribution in [1.82, 2.24) is 24.5 Å². The van der Waals surface area contributed by atoms with Gasteiger partial charge in [0.2, 0.25) is 0 Å². The molecule has 0 spiro atoms. The summed E-state index contributed by atoms with van der Waals surface area (Å²) in [5, 5.41) is 11.8. The number of carbonyl (C=O) groups excluding carboxylic acids is 1. The SMILES string of the molecule is Cc1cc(-c2cnn(-c3ccc(F)cc3)c2)cnc1NC(=O)c1c(Cl)cnn1C[C@H]1CCOC1. The molecule has 10 heteroatoms. The molecule has 1 amide bonds. The van der Waals surface area contributed by atoms with Crippen LogP contribution in [-0.4, -0.2) is 43.7 Å². The summed E-state index contributed by atoms with van der Waals surface area (Å²) in [5.74, 6) is 0.0737. The Bertz CT molecular complexity index is 1330. The second kappa shape index (κ2) is 9.36. The van der Waals surface area contributed by atoms with Gasteiger partial charge < -0.3 is 10.1 Å². The zero-order valence-electron chi connectivity index (χ0n) is 18.4. The summed E-state index contributed by atoms with van der Waals surface area (Å²) in [7, 11) is 0. The van der Waals surface area contributed by atoms with Crippen LogP contribution in [0.4, 0.5) is 10.2 Å². The highest BCUT2D eigenvalue weighted by atomic mass is 35.5. The van der Waals surface area contributed by atoms with E-state index in [9.17, 15) is 9.18 Å². The monoisotopic (exact) mass is 480 g/mol. The van der Waals surface area contributed by atoms with Crippen molar-refractivity contribution in [3.8, 4) is 16.8 Å². The molecule has 174 valence electrons. The summed E-state index contributed by atoms with van der Waals surface area (Å²) >= 11 is 6.27. The fourth-order valence-corrected chi connectivity index (χ4v) is 4.16. The average molecular weight is 481 g/mol. The molecule has 1 aromatic carbocycles. The smallest absolute Gasteiger partial charge is 0.276 e. The number of aryl methyl sites for hydroxylation is 1. The van der Waals surface area contributed by atoms with E-state index in [1.165, 1.54) is 18.3 Å². The normalized spacial score (nSPS) is 15.6. The molecule has 4 aromatic rings. The molecule has 1 saturated heterocycles. The molecule has 8 nitrogen and oxygen atoms in total. The molecule has 1 aliphatic rings. The molecule has 0 bridgehead atoms. The van der Waals surface area contributed by atoms with E-state index >= 15 is 0 Å². The lowest BCUT2D eigenvalue weighted by molar-refractivity contribution is 0.101. The van der Waals surface area contributed by atoms with Crippen LogP contribution in [0.5, 0.6) is 0 Å². The summed E-state index contributed by atoms with van der Waals surface area (Å²) in [6.07, 6.45) is 7.63. The lowest BCUT2D eigenvalue weighted by Crippen LogP contribution is -2.22. The Morgan fingerprint density at radius 1 is 1.21 bits per heavy atom. The molecule has 1 aliphatic heterocycles. The second-order valence-electron chi connectivity index (χ2n) is 8.25. The molecular formula is C24H22ClFN6O2. The summed E-state index contributed by atoms with van der Waals surface area (Å²) in [5.41, 5.74) is 3.52. The van der Waals surface area contributed by atoms with Crippen molar-refractivity contribution in [2.75, 3.05) is 18.5 Å². The van der Waals surface area contributed by atoms with Gasteiger partial charge >= 0.3 is 0 Å². The van der Waals surface area contributed by atoms with E-state index in [2.05, 4.69) is 20.5 Å². The Morgan fingerprint density at radius 2 is 2.03 bits per heavy atom. The van der Waals surface area contributed by atoms with Crippen LogP contribution in [0.15, 0.2) is 55.1 Å². The minimum Gasteiger partial charge on any atom is -0.381 e. The highest BCUT2D eigenvalue weighted by Crippen LogP contribution is 2.25. The first-order valence-corrected chi connectivity index (χ1v) is 11.2. The van der Waals surface area contributed by atoms with E-state index in [1.807, 2.05) is 19.2 Å². The first kappa shape index (κ1) is 22.2. The number of amides is 1. The third-order valence-corrected chi connectivity index (χ3v) is 6.06. The van der Waals surface area contributed by atoms with Crippen LogP contribution >= 0.6 is 11.6 Å². The Balaban J connectivity index is 1.33. The van der Waals surface area contributed by atoms with Gasteiger partial charge in [0.05, 0.1) is 29.7 Å². The summed E-state index contributed by atoms with van der Waals surface area (Å²) in [6.45, 7) is 3.81. The van der Waals surface area contributed by atoms with Gasteiger partial charge in [-0.25, -0.2) is 14.1 Å². The molecule has 1 N–H and O–H groups in total. The number of hydrogen-bond donors (Lipinski definition) is 1. The van der Waals surface area contributed by atoms with E-state index in [4.69, 9.17) is 16.3 Å². The lowest BCUT2D eigenvalue weighted by atomic mass is 10.1. The predicted octanol–water partition coefficient (Wildman–Crippen LogP) is 4.52. The van der Waals surface area contributed by atoms with Crippen LogP contribution in [0, 0.1) is 18.7 Å². The number of anilines is 1. The largest absolute Gasteiger partial charge is 0.381 e. The van der Waals surface area contributed by atoms with Crippen molar-refractivity contribution in [2.45, 2.75) is 19.9 Å². The molecule has 4 heterocycles. The number of halogens is 2. The number of pyridine rings is 1. The number of carbonyl (C=O) groups is 1. The fourth-order valence-electron chi connectivity index (χ4n) is 3.94. The van der Waals surface area contributed by atoms with Gasteiger partial charge in [-0.05, 0) is 49.2 Å². The number of ether oxygens (including phenoxy) is 1. The number of aromatic nitrogens is 5. The lowest BCUT2D eigenvalue weighted by Gasteiger charge is -2.13. The minimum absolute atomic E-state index is 0.291. The zero-order valence-corrected chi connectivity index (χ0v) is 19.2. The summed E-state index contributed by atoms with van der Waals surface area (Å²) in [6, 6.07) is 8.01. The van der Waals surface area contributed by atoms with E-state index in [0.717, 1.165) is 35.4 Å². The van der Waals surface area contributed by atoms with Crippen LogP contribution in [0.2, 0.25) is 5.02 Å². The van der Waals surface area contributed by atoms with Gasteiger partial charge in [0, 0.05) is 42.6 Å². The number of nitrogens with one attached hydrogen (secondary N) is 1. The van der Waals surface area contributed by atoms with Gasteiger partial charge in [-0.15, -0.1) is 0 Å². The number of hydrogen-bond acceptors (Lipinski definition) is 5. The second-order valence-corrected chi connectivity index (χ2v) is 8.65. The molecule has 34 heavy (non-hydrogen) atoms. The Hall–Kier alpha value is -3.56. The maximum atomic E-state index is 13.2. The molecule has 0 radical (unpaired) electrons. The van der Waals surface area contributed by atoms with Gasteiger partial charge in [0.25, 0.3) is 5.91 Å². The van der Waals surface area contributed by atoms with E-state index in [1.54, 1.807) is 33.9 Å². The van der Waals surface area contributed by atoms with E-state index in [0.29, 0.717) is 35.6 Å². The maximum Gasteiger partial charge on any atom is 0.276 e. The molecule has 1 fully saturated rings. The van der Waals surface area contributed by atoms with Gasteiger partial charge in [-0.3, -0.25) is 9.48 Å². The molecule has 3 aromatic heterocycles. The van der Waals surface area contributed by atoms with Crippen molar-refractivity contribution >= 4 is 23.3 Å². The standard InChI is InChI=1S/C24H22ClFN6O2/c1-15-8-17(18-10-28-31(13-18)20-4-2-19(26)3-5-20)9-27-23(15)30-24(33)22-21(25)11-29-32(22)12-16-6-7-34-14-16/h2-5,8-11,13,16H,6-7,12,14H2,1H3,(H,27,30,33)/t16-/m1/s1. The van der Waals surface area contributed by atoms with Crippen molar-refractivity contribution in [3.63, 3.8) is 0 Å². The number of rotatable bonds is 6. The Labute approximate surface area is 200 Å². The van der Waals surface area contributed by atoms with Gasteiger partial charge in [-0.1, -0.05) is 11.6 Å². The fraction of sp³-hybridized carbons (Fsp3) is 0.250. The van der Waals surface area contributed by atoms with E-state index < -0.39 is 0 Å². The molecule has 5 rings (SSSR count). The van der Waals surface area contributed by atoms with Crippen LogP contribution in [0.3, 0.4) is 0 Å². The maximum absolute atomic E-state index is 13.2. The first-order valence-electron chi connectivity index (χ1n) is 10.9. The topological polar surface area (TPSA) is 86.9 Å². The third kappa shape index (κ3) is 4.57. The van der Waals surface area contributed by atoms with Crippen molar-refractivity contribution in [3.05, 3.63) is 77.2 Å². The highest BCUT2D eigenvalue weighted by molar-refractivity contribution is 6.34. The predicted molar refractivity (Wildman–Crippen MR) is 126 cm³/mol. The highest BCUT2D eigenvalue weighted by Gasteiger charge is 2.23.